The number of halogens is 4. The van der Waals surface area contributed by atoms with Crippen molar-refractivity contribution in [2.45, 2.75) is 32.1 Å². The Morgan fingerprint density at radius 3 is 1.59 bits per heavy atom. The lowest BCUT2D eigenvalue weighted by Crippen LogP contribution is -2.36. The number of benzene rings is 2. The van der Waals surface area contributed by atoms with Crippen molar-refractivity contribution in [1.82, 2.24) is 0 Å². The first-order chi connectivity index (χ1) is 17.6. The van der Waals surface area contributed by atoms with Gasteiger partial charge in [0.05, 0.1) is 0 Å². The molecule has 188 valence electrons. The Morgan fingerprint density at radius 1 is 0.703 bits per heavy atom. The van der Waals surface area contributed by atoms with Crippen molar-refractivity contribution < 1.29 is 17.6 Å². The number of aryl methyl sites for hydroxylation is 2. The van der Waals surface area contributed by atoms with Gasteiger partial charge in [-0.15, -0.1) is 22.7 Å². The second-order valence-corrected chi connectivity index (χ2v) is 11.6. The van der Waals surface area contributed by atoms with E-state index in [2.05, 4.69) is 13.2 Å². The highest BCUT2D eigenvalue weighted by atomic mass is 32.1. The SMILES string of the molecule is C=Cc1ccc(-c2cc(C3=C(c4cc(-c5ccc(C=C)cc5)sc4C)C(F)(F)C(F)(F)C3)c(C)s2)cc1. The summed E-state index contributed by atoms with van der Waals surface area (Å²) in [6, 6.07) is 18.6. The zero-order chi connectivity index (χ0) is 26.5. The molecule has 0 atom stereocenters. The van der Waals surface area contributed by atoms with E-state index in [-0.39, 0.29) is 11.1 Å². The fourth-order valence-electron chi connectivity index (χ4n) is 4.72. The number of allylic oxidation sites excluding steroid dienone is 2. The molecule has 2 aromatic heterocycles. The zero-order valence-electron chi connectivity index (χ0n) is 20.4. The zero-order valence-corrected chi connectivity index (χ0v) is 22.0. The first-order valence-corrected chi connectivity index (χ1v) is 13.4. The second-order valence-electron chi connectivity index (χ2n) is 9.12. The maximum absolute atomic E-state index is 15.4. The molecule has 1 aliphatic rings. The van der Waals surface area contributed by atoms with E-state index in [1.807, 2.05) is 48.5 Å². The topological polar surface area (TPSA) is 0 Å². The van der Waals surface area contributed by atoms with E-state index in [1.165, 1.54) is 22.7 Å². The minimum absolute atomic E-state index is 0.0205. The molecular weight excluding hydrogens is 512 g/mol. The molecule has 1 aliphatic carbocycles. The molecule has 0 radical (unpaired) electrons. The van der Waals surface area contributed by atoms with Crippen molar-refractivity contribution in [3.8, 4) is 20.9 Å². The van der Waals surface area contributed by atoms with Gasteiger partial charge in [-0.25, -0.2) is 0 Å². The molecule has 5 rings (SSSR count). The normalized spacial score (nSPS) is 16.3. The van der Waals surface area contributed by atoms with Gasteiger partial charge in [0.1, 0.15) is 0 Å². The van der Waals surface area contributed by atoms with Crippen molar-refractivity contribution in [3.63, 3.8) is 0 Å². The second kappa shape index (κ2) is 9.26. The van der Waals surface area contributed by atoms with Crippen LogP contribution < -0.4 is 0 Å². The third-order valence-electron chi connectivity index (χ3n) is 6.77. The van der Waals surface area contributed by atoms with Gasteiger partial charge in [-0.05, 0) is 64.9 Å². The fourth-order valence-corrected chi connectivity index (χ4v) is 6.80. The molecule has 0 unspecified atom stereocenters. The van der Waals surface area contributed by atoms with E-state index in [4.69, 9.17) is 0 Å². The van der Waals surface area contributed by atoms with Crippen LogP contribution in [0.15, 0.2) is 73.8 Å². The minimum atomic E-state index is -4.28. The summed E-state index contributed by atoms with van der Waals surface area (Å²) in [5, 5.41) is 0. The first-order valence-electron chi connectivity index (χ1n) is 11.7. The molecule has 0 fully saturated rings. The summed E-state index contributed by atoms with van der Waals surface area (Å²) in [4.78, 5) is 2.92. The largest absolute Gasteiger partial charge is 0.336 e. The van der Waals surface area contributed by atoms with Gasteiger partial charge in [-0.2, -0.15) is 17.6 Å². The van der Waals surface area contributed by atoms with Crippen LogP contribution in [0.2, 0.25) is 0 Å². The Hall–Kier alpha value is -3.22. The van der Waals surface area contributed by atoms with Crippen LogP contribution >= 0.6 is 22.7 Å². The lowest BCUT2D eigenvalue weighted by Gasteiger charge is -2.21. The van der Waals surface area contributed by atoms with Crippen LogP contribution in [0.3, 0.4) is 0 Å². The summed E-state index contributed by atoms with van der Waals surface area (Å²) >= 11 is 2.75. The summed E-state index contributed by atoms with van der Waals surface area (Å²) < 4.78 is 60.6. The minimum Gasteiger partial charge on any atom is -0.199 e. The van der Waals surface area contributed by atoms with Gasteiger partial charge in [-0.1, -0.05) is 73.8 Å². The predicted octanol–water partition coefficient (Wildman–Crippen LogP) is 10.6. The molecule has 0 N–H and O–H groups in total. The van der Waals surface area contributed by atoms with Gasteiger partial charge in [0.15, 0.2) is 0 Å². The molecule has 37 heavy (non-hydrogen) atoms. The van der Waals surface area contributed by atoms with Gasteiger partial charge < -0.3 is 0 Å². The summed E-state index contributed by atoms with van der Waals surface area (Å²) in [5.41, 5.74) is 3.75. The molecule has 0 spiro atoms. The Balaban J connectivity index is 1.65. The molecule has 4 aromatic rings. The predicted molar refractivity (Wildman–Crippen MR) is 150 cm³/mol. The van der Waals surface area contributed by atoms with Crippen molar-refractivity contribution in [3.05, 3.63) is 106 Å². The maximum atomic E-state index is 15.4. The average molecular weight is 537 g/mol. The number of thiophene rings is 2. The monoisotopic (exact) mass is 536 g/mol. The van der Waals surface area contributed by atoms with Crippen LogP contribution in [0, 0.1) is 13.8 Å². The highest BCUT2D eigenvalue weighted by Crippen LogP contribution is 2.59. The molecule has 0 saturated carbocycles. The van der Waals surface area contributed by atoms with E-state index in [0.29, 0.717) is 10.4 Å². The highest BCUT2D eigenvalue weighted by molar-refractivity contribution is 7.16. The van der Waals surface area contributed by atoms with Crippen LogP contribution in [0.4, 0.5) is 17.6 Å². The van der Waals surface area contributed by atoms with Crippen molar-refractivity contribution in [2.24, 2.45) is 0 Å². The van der Waals surface area contributed by atoms with E-state index in [0.717, 1.165) is 36.9 Å². The Morgan fingerprint density at radius 2 is 1.14 bits per heavy atom. The molecule has 0 amide bonds. The third kappa shape index (κ3) is 4.32. The summed E-state index contributed by atoms with van der Waals surface area (Å²) in [7, 11) is 0. The van der Waals surface area contributed by atoms with Crippen LogP contribution in [0.1, 0.15) is 38.4 Å². The van der Waals surface area contributed by atoms with Crippen molar-refractivity contribution in [2.75, 3.05) is 0 Å². The van der Waals surface area contributed by atoms with Crippen LogP contribution in [0.25, 0.3) is 44.2 Å². The quantitative estimate of drug-likeness (QED) is 0.215. The van der Waals surface area contributed by atoms with Crippen molar-refractivity contribution >= 4 is 46.0 Å². The Kier molecular flexibility index (Phi) is 6.37. The third-order valence-corrected chi connectivity index (χ3v) is 8.96. The van der Waals surface area contributed by atoms with Gasteiger partial charge in [0, 0.05) is 31.5 Å². The smallest absolute Gasteiger partial charge is 0.199 e. The molecule has 0 saturated heterocycles. The van der Waals surface area contributed by atoms with Crippen molar-refractivity contribution in [1.29, 1.82) is 0 Å². The maximum Gasteiger partial charge on any atom is 0.336 e. The summed E-state index contributed by atoms with van der Waals surface area (Å²) in [6.45, 7) is 11.0. The van der Waals surface area contributed by atoms with Crippen LogP contribution in [-0.2, 0) is 0 Å². The highest BCUT2D eigenvalue weighted by Gasteiger charge is 2.65. The molecule has 0 aliphatic heterocycles. The van der Waals surface area contributed by atoms with Gasteiger partial charge in [-0.3, -0.25) is 0 Å². The number of alkyl halides is 4. The molecule has 2 aromatic carbocycles. The lowest BCUT2D eigenvalue weighted by atomic mass is 9.95. The Bertz CT molecular complexity index is 1530. The van der Waals surface area contributed by atoms with Gasteiger partial charge in [0.2, 0.25) is 0 Å². The van der Waals surface area contributed by atoms with Crippen LogP contribution in [-0.4, -0.2) is 11.8 Å². The van der Waals surface area contributed by atoms with Crippen LogP contribution in [0.5, 0.6) is 0 Å². The fraction of sp³-hybridized carbons (Fsp3) is 0.161. The molecular formula is C31H24F4S2. The molecule has 6 heteroatoms. The molecule has 0 bridgehead atoms. The lowest BCUT2D eigenvalue weighted by molar-refractivity contribution is -0.160. The standard InChI is InChI=1S/C31H24F4S2/c1-5-20-7-11-22(12-8-20)27-15-24(18(3)36-27)26-17-30(32,33)31(34,35)29(26)25-16-28(37-19(25)4)23-13-9-21(6-2)10-14-23/h5-16H,1-2,17H2,3-4H3. The van der Waals surface area contributed by atoms with E-state index in [9.17, 15) is 8.78 Å². The number of hydrogen-bond donors (Lipinski definition) is 0. The van der Waals surface area contributed by atoms with E-state index < -0.39 is 23.8 Å². The van der Waals surface area contributed by atoms with E-state index in [1.54, 1.807) is 38.1 Å². The Labute approximate surface area is 221 Å². The first kappa shape index (κ1) is 25.4. The molecule has 0 nitrogen and oxygen atoms in total. The number of hydrogen-bond acceptors (Lipinski definition) is 2. The summed E-state index contributed by atoms with van der Waals surface area (Å²) in [5.74, 6) is -8.45. The summed E-state index contributed by atoms with van der Waals surface area (Å²) in [6.07, 6.45) is 2.46. The van der Waals surface area contributed by atoms with Gasteiger partial charge >= 0.3 is 11.8 Å². The molecule has 2 heterocycles. The van der Waals surface area contributed by atoms with E-state index >= 15 is 8.78 Å². The van der Waals surface area contributed by atoms with Gasteiger partial charge in [0.25, 0.3) is 0 Å². The number of rotatable bonds is 6. The average Bonchev–Trinajstić information content (AvgIpc) is 3.50.